The van der Waals surface area contributed by atoms with Crippen LogP contribution in [-0.4, -0.2) is 216 Å². The summed E-state index contributed by atoms with van der Waals surface area (Å²) in [5.74, 6) is -1.48. The van der Waals surface area contributed by atoms with Crippen molar-refractivity contribution in [3.05, 3.63) is 0 Å². The first-order chi connectivity index (χ1) is 23.9. The maximum Gasteiger partial charge on any atom is 0.218 e. The van der Waals surface area contributed by atoms with E-state index in [0.717, 1.165) is 13.8 Å². The minimum Gasteiger partial charge on any atom is -0.394 e. The average molecular weight is 751 g/mol. The van der Waals surface area contributed by atoms with Crippen LogP contribution in [0, 0.1) is 0 Å². The van der Waals surface area contributed by atoms with E-state index in [4.69, 9.17) is 33.2 Å². The third-order valence-electron chi connectivity index (χ3n) is 8.45. The van der Waals surface area contributed by atoms with Crippen LogP contribution < -0.4 is 10.6 Å². The second-order valence-electron chi connectivity index (χ2n) is 12.3. The molecule has 23 heteroatoms. The lowest BCUT2D eigenvalue weighted by Crippen LogP contribution is -2.67. The molecule has 298 valence electrons. The zero-order chi connectivity index (χ0) is 38.3. The van der Waals surface area contributed by atoms with Gasteiger partial charge in [0.05, 0.1) is 32.5 Å². The number of aliphatic hydroxyl groups is 12. The molecule has 3 rings (SSSR count). The number of amides is 2. The summed E-state index contributed by atoms with van der Waals surface area (Å²) >= 11 is 0. The first-order valence-corrected chi connectivity index (χ1v) is 16.0. The second-order valence-corrected chi connectivity index (χ2v) is 12.3. The largest absolute Gasteiger partial charge is 0.394 e. The van der Waals surface area contributed by atoms with Gasteiger partial charge in [-0.2, -0.15) is 0 Å². The Kier molecular flexibility index (Phi) is 16.7. The summed E-state index contributed by atoms with van der Waals surface area (Å²) in [4.78, 5) is 23.7. The molecule has 0 radical (unpaired) electrons. The minimum atomic E-state index is -1.96. The van der Waals surface area contributed by atoms with E-state index < -0.39 is 155 Å². The van der Waals surface area contributed by atoms with Crippen LogP contribution in [-0.2, 0) is 42.7 Å². The lowest BCUT2D eigenvalue weighted by atomic mass is 9.95. The summed E-state index contributed by atoms with van der Waals surface area (Å²) in [5.41, 5.74) is 0. The van der Waals surface area contributed by atoms with Crippen LogP contribution in [0.4, 0.5) is 0 Å². The van der Waals surface area contributed by atoms with Gasteiger partial charge in [-0.25, -0.2) is 0 Å². The molecule has 3 aliphatic rings. The Morgan fingerprint density at radius 3 is 1.78 bits per heavy atom. The highest BCUT2D eigenvalue weighted by Gasteiger charge is 2.51. The van der Waals surface area contributed by atoms with Gasteiger partial charge in [0.1, 0.15) is 79.3 Å². The van der Waals surface area contributed by atoms with E-state index >= 15 is 0 Å². The Balaban J connectivity index is 1.78. The van der Waals surface area contributed by atoms with Crippen LogP contribution in [0.25, 0.3) is 0 Å². The van der Waals surface area contributed by atoms with Crippen molar-refractivity contribution in [2.75, 3.05) is 26.4 Å². The van der Waals surface area contributed by atoms with Crippen molar-refractivity contribution in [2.24, 2.45) is 0 Å². The van der Waals surface area contributed by atoms with E-state index in [2.05, 4.69) is 10.6 Å². The van der Waals surface area contributed by atoms with Crippen molar-refractivity contribution < 1.29 is 104 Å². The molecule has 14 N–H and O–H groups in total. The molecular formula is C28H50N2O21. The summed E-state index contributed by atoms with van der Waals surface area (Å²) in [6.07, 6.45) is -30.6. The first kappa shape index (κ1) is 43.6. The first-order valence-electron chi connectivity index (χ1n) is 16.0. The maximum absolute atomic E-state index is 11.9. The molecule has 0 aromatic heterocycles. The summed E-state index contributed by atoms with van der Waals surface area (Å²) < 4.78 is 38.6. The van der Waals surface area contributed by atoms with Gasteiger partial charge >= 0.3 is 0 Å². The molecule has 0 aromatic rings. The molecule has 3 fully saturated rings. The number of hydrogen-bond donors (Lipinski definition) is 14. The molecule has 3 heterocycles. The highest BCUT2D eigenvalue weighted by Crippen LogP contribution is 2.30. The van der Waals surface area contributed by atoms with Crippen molar-refractivity contribution in [1.29, 1.82) is 0 Å². The van der Waals surface area contributed by atoms with Crippen LogP contribution >= 0.6 is 0 Å². The number of carbonyl (C=O) groups is 2. The van der Waals surface area contributed by atoms with Crippen molar-refractivity contribution in [1.82, 2.24) is 10.6 Å². The average Bonchev–Trinajstić information content (AvgIpc) is 3.07. The zero-order valence-electron chi connectivity index (χ0n) is 27.8. The second kappa shape index (κ2) is 19.5. The Morgan fingerprint density at radius 1 is 0.725 bits per heavy atom. The number of rotatable bonds is 16. The molecule has 0 spiro atoms. The number of hydrogen-bond acceptors (Lipinski definition) is 21. The van der Waals surface area contributed by atoms with Gasteiger partial charge in [0.15, 0.2) is 25.1 Å². The highest BCUT2D eigenvalue weighted by atomic mass is 16.7. The molecule has 2 amide bonds. The normalized spacial score (nSPS) is 41.3. The smallest absolute Gasteiger partial charge is 0.218 e. The van der Waals surface area contributed by atoms with Gasteiger partial charge in [-0.05, 0) is 6.92 Å². The van der Waals surface area contributed by atoms with Crippen LogP contribution in [0.3, 0.4) is 0 Å². The standard InChI is InChI=1S/C28H50N2O21/c1-8(46-26-21(41)19(39)16(36)12(5-32)49-26)11(4-31)48-28(24(43)30-10(3)35)45-7-14-18(38)23(15(25(44)47-14)29-9(2)34)51-27-22(42)20(40)17(37)13(6-33)50-27/h8,11-28,31-33,36-44H,4-7H2,1-3H3,(H,29,34)(H,30,35)/t8-,11?,12-,13?,14?,15?,16?,17?,18?,19?,20?,21?,22?,23?,24-,25?,26+,27?,28?/m0/s1. The van der Waals surface area contributed by atoms with E-state index in [1.165, 1.54) is 6.92 Å². The van der Waals surface area contributed by atoms with Gasteiger partial charge in [-0.15, -0.1) is 0 Å². The van der Waals surface area contributed by atoms with Crippen LogP contribution in [0.15, 0.2) is 0 Å². The molecular weight excluding hydrogens is 700 g/mol. The fourth-order valence-corrected chi connectivity index (χ4v) is 5.58. The predicted octanol–water partition coefficient (Wildman–Crippen LogP) is -8.87. The molecule has 15 unspecified atom stereocenters. The van der Waals surface area contributed by atoms with E-state index in [0.29, 0.717) is 0 Å². The monoisotopic (exact) mass is 750 g/mol. The highest BCUT2D eigenvalue weighted by molar-refractivity contribution is 5.73. The molecule has 19 atom stereocenters. The van der Waals surface area contributed by atoms with Crippen molar-refractivity contribution in [3.8, 4) is 0 Å². The topological polar surface area (TPSA) is 366 Å². The van der Waals surface area contributed by atoms with Gasteiger partial charge in [0.25, 0.3) is 0 Å². The van der Waals surface area contributed by atoms with Gasteiger partial charge in [0, 0.05) is 13.8 Å². The molecule has 23 nitrogen and oxygen atoms in total. The Morgan fingerprint density at radius 2 is 1.27 bits per heavy atom. The van der Waals surface area contributed by atoms with Crippen molar-refractivity contribution in [3.63, 3.8) is 0 Å². The predicted molar refractivity (Wildman–Crippen MR) is 159 cm³/mol. The van der Waals surface area contributed by atoms with E-state index in [-0.39, 0.29) is 0 Å². The molecule has 3 aliphatic heterocycles. The van der Waals surface area contributed by atoms with E-state index in [1.54, 1.807) is 0 Å². The quantitative estimate of drug-likeness (QED) is 0.0651. The van der Waals surface area contributed by atoms with Gasteiger partial charge in [-0.1, -0.05) is 0 Å². The number of ether oxygens (including phenoxy) is 7. The lowest BCUT2D eigenvalue weighted by molar-refractivity contribution is -0.346. The van der Waals surface area contributed by atoms with Crippen LogP contribution in [0.2, 0.25) is 0 Å². The van der Waals surface area contributed by atoms with E-state index in [9.17, 15) is 70.9 Å². The SMILES string of the molecule is CC(=O)NC1C(O)OC(COC(OC(CO)[C@H](C)O[C@@H]2O[C@@H](CO)C(O)C(O)C2O)[C@H](O)NC(C)=O)C(O)C1OC1OC(CO)C(O)C(O)C1O. The molecule has 51 heavy (non-hydrogen) atoms. The Labute approximate surface area is 290 Å². The number of carbonyl (C=O) groups excluding carboxylic acids is 2. The summed E-state index contributed by atoms with van der Waals surface area (Å²) in [7, 11) is 0. The van der Waals surface area contributed by atoms with Gasteiger partial charge in [-0.3, -0.25) is 9.59 Å². The fourth-order valence-electron chi connectivity index (χ4n) is 5.58. The maximum atomic E-state index is 11.9. The summed E-state index contributed by atoms with van der Waals surface area (Å²) in [6, 6.07) is -1.53. The van der Waals surface area contributed by atoms with Crippen LogP contribution in [0.5, 0.6) is 0 Å². The third kappa shape index (κ3) is 10.9. The molecule has 0 saturated carbocycles. The Bertz CT molecular complexity index is 1090. The van der Waals surface area contributed by atoms with Gasteiger partial charge < -0.3 is 105 Å². The molecule has 0 aromatic carbocycles. The third-order valence-corrected chi connectivity index (χ3v) is 8.45. The summed E-state index contributed by atoms with van der Waals surface area (Å²) in [5, 5.41) is 127. The Hall–Kier alpha value is -1.82. The van der Waals surface area contributed by atoms with Crippen molar-refractivity contribution >= 4 is 11.8 Å². The molecule has 0 aliphatic carbocycles. The number of aliphatic hydroxyl groups excluding tert-OH is 12. The van der Waals surface area contributed by atoms with Crippen molar-refractivity contribution in [2.45, 2.75) is 138 Å². The molecule has 3 saturated heterocycles. The zero-order valence-corrected chi connectivity index (χ0v) is 27.8. The fraction of sp³-hybridized carbons (Fsp3) is 0.929. The van der Waals surface area contributed by atoms with Gasteiger partial charge in [0.2, 0.25) is 18.1 Å². The molecule has 0 bridgehead atoms. The summed E-state index contributed by atoms with van der Waals surface area (Å²) in [6.45, 7) is 0.251. The lowest BCUT2D eigenvalue weighted by Gasteiger charge is -2.46. The number of nitrogens with one attached hydrogen (secondary N) is 2. The van der Waals surface area contributed by atoms with Crippen LogP contribution in [0.1, 0.15) is 20.8 Å². The minimum absolute atomic E-state index is 0.714. The van der Waals surface area contributed by atoms with E-state index in [1.807, 2.05) is 0 Å².